The van der Waals surface area contributed by atoms with Gasteiger partial charge in [-0.15, -0.1) is 0 Å². The van der Waals surface area contributed by atoms with Crippen molar-refractivity contribution in [2.45, 2.75) is 0 Å². The second-order valence-electron chi connectivity index (χ2n) is 38.1. The number of rotatable bonds is 12. The summed E-state index contributed by atoms with van der Waals surface area (Å²) in [6, 6.07) is 190. The molecule has 0 fully saturated rings. The largest absolute Gasteiger partial charge is 0.309 e. The van der Waals surface area contributed by atoms with Gasteiger partial charge in [-0.2, -0.15) is 0 Å². The number of benzene rings is 24. The number of hydrogen-bond acceptors (Lipinski definition) is 3. The lowest BCUT2D eigenvalue weighted by molar-refractivity contribution is 1.18. The molecule has 0 aliphatic heterocycles. The Hall–Kier alpha value is -19.5. The Bertz CT molecular complexity index is 10200. The van der Waals surface area contributed by atoms with Crippen molar-refractivity contribution >= 4 is 162 Å². The van der Waals surface area contributed by atoms with Crippen LogP contribution in [0.3, 0.4) is 0 Å². The quantitative estimate of drug-likeness (QED) is 0.115. The summed E-state index contributed by atoms with van der Waals surface area (Å²) in [4.78, 5) is 15.5. The van der Waals surface area contributed by atoms with E-state index < -0.39 is 0 Å². The van der Waals surface area contributed by atoms with Crippen molar-refractivity contribution < 1.29 is 0 Å². The average molecular weight is 1870 g/mol. The van der Waals surface area contributed by atoms with Crippen molar-refractivity contribution in [2.75, 3.05) is 0 Å². The van der Waals surface area contributed by atoms with E-state index in [1.54, 1.807) is 0 Å². The number of hydrogen-bond donors (Lipinski definition) is 0. The third kappa shape index (κ3) is 14.4. The van der Waals surface area contributed by atoms with E-state index in [-0.39, 0.29) is 0 Å². The van der Waals surface area contributed by atoms with E-state index in [4.69, 9.17) is 15.0 Å². The predicted octanol–water partition coefficient (Wildman–Crippen LogP) is 37.9. The minimum Gasteiger partial charge on any atom is -0.309 e. The molecule has 0 saturated heterocycles. The van der Waals surface area contributed by atoms with Crippen molar-refractivity contribution in [1.82, 2.24) is 28.7 Å². The van der Waals surface area contributed by atoms with Crippen LogP contribution in [0.5, 0.6) is 0 Å². The molecule has 147 heavy (non-hydrogen) atoms. The third-order valence-electron chi connectivity index (χ3n) is 30.0. The molecule has 0 saturated carbocycles. The average Bonchev–Trinajstić information content (AvgIpc) is 1.57. The lowest BCUT2D eigenvalue weighted by Crippen LogP contribution is -1.96. The lowest BCUT2D eigenvalue weighted by atomic mass is 9.86. The van der Waals surface area contributed by atoms with Gasteiger partial charge in [0.2, 0.25) is 0 Å². The summed E-state index contributed by atoms with van der Waals surface area (Å²) in [5.74, 6) is 0. The highest BCUT2D eigenvalue weighted by atomic mass is 15.0. The molecule has 0 aliphatic carbocycles. The van der Waals surface area contributed by atoms with E-state index in [0.29, 0.717) is 0 Å². The summed E-state index contributed by atoms with van der Waals surface area (Å²) in [7, 11) is 0. The van der Waals surface area contributed by atoms with Gasteiger partial charge in [0.15, 0.2) is 0 Å². The van der Waals surface area contributed by atoms with Gasteiger partial charge in [-0.25, -0.2) is 0 Å². The number of nitrogens with zero attached hydrogens (tertiary/aromatic N) is 6. The molecule has 0 atom stereocenters. The van der Waals surface area contributed by atoms with E-state index in [9.17, 15) is 0 Å². The monoisotopic (exact) mass is 1870 g/mol. The maximum Gasteiger partial charge on any atom is 0.0723 e. The first-order chi connectivity index (χ1) is 73.0. The highest BCUT2D eigenvalue weighted by molar-refractivity contribution is 6.27. The van der Waals surface area contributed by atoms with E-state index >= 15 is 0 Å². The molecular weight excluding hydrogens is 1780 g/mol. The van der Waals surface area contributed by atoms with Crippen LogP contribution in [0.2, 0.25) is 0 Å². The van der Waals surface area contributed by atoms with Crippen molar-refractivity contribution in [3.05, 3.63) is 546 Å². The molecule has 30 rings (SSSR count). The molecule has 0 bridgehead atoms. The van der Waals surface area contributed by atoms with Crippen LogP contribution >= 0.6 is 0 Å². The van der Waals surface area contributed by atoms with Crippen LogP contribution in [0.15, 0.2) is 546 Å². The van der Waals surface area contributed by atoms with Gasteiger partial charge >= 0.3 is 0 Å². The molecule has 6 heterocycles. The second-order valence-corrected chi connectivity index (χ2v) is 38.1. The summed E-state index contributed by atoms with van der Waals surface area (Å²) in [6.07, 6.45) is 6.17. The maximum atomic E-state index is 5.22. The molecule has 0 unspecified atom stereocenters. The molecule has 6 heteroatoms. The van der Waals surface area contributed by atoms with Crippen LogP contribution in [0, 0.1) is 0 Å². The van der Waals surface area contributed by atoms with Gasteiger partial charge in [-0.1, -0.05) is 455 Å². The number of para-hydroxylation sites is 4. The molecule has 0 aliphatic rings. The van der Waals surface area contributed by atoms with Crippen LogP contribution in [0.1, 0.15) is 0 Å². The first-order valence-electron chi connectivity index (χ1n) is 50.4. The van der Waals surface area contributed by atoms with E-state index in [2.05, 4.69) is 560 Å². The Morgan fingerprint density at radius 1 is 0.129 bits per heavy atom. The Morgan fingerprint density at radius 3 is 0.735 bits per heavy atom. The zero-order chi connectivity index (χ0) is 96.9. The van der Waals surface area contributed by atoms with Crippen molar-refractivity contribution in [3.8, 4) is 118 Å². The highest BCUT2D eigenvalue weighted by Gasteiger charge is 2.27. The molecule has 0 radical (unpaired) electrons. The zero-order valence-corrected chi connectivity index (χ0v) is 80.1. The topological polar surface area (TPSA) is 53.5 Å². The van der Waals surface area contributed by atoms with Gasteiger partial charge in [-0.3, -0.25) is 15.0 Å². The molecule has 0 N–H and O–H groups in total. The van der Waals surface area contributed by atoms with Crippen LogP contribution in [0.4, 0.5) is 0 Å². The molecule has 684 valence electrons. The molecule has 24 aromatic carbocycles. The molecule has 0 spiro atoms. The van der Waals surface area contributed by atoms with E-state index in [0.717, 1.165) is 67.5 Å². The number of aromatic nitrogens is 6. The lowest BCUT2D eigenvalue weighted by Gasteiger charge is -2.17. The Labute approximate surface area is 848 Å². The summed E-state index contributed by atoms with van der Waals surface area (Å²) < 4.78 is 7.25. The van der Waals surface area contributed by atoms with Gasteiger partial charge in [-0.05, 0) is 204 Å². The fourth-order valence-corrected chi connectivity index (χ4v) is 23.6. The summed E-state index contributed by atoms with van der Waals surface area (Å²) in [5.41, 5.74) is 31.3. The minimum absolute atomic E-state index is 0.952. The molecule has 6 nitrogen and oxygen atoms in total. The fraction of sp³-hybridized carbons (Fsp3) is 0. The third-order valence-corrected chi connectivity index (χ3v) is 30.0. The van der Waals surface area contributed by atoms with Crippen LogP contribution in [0.25, 0.3) is 280 Å². The fourth-order valence-electron chi connectivity index (χ4n) is 23.6. The van der Waals surface area contributed by atoms with E-state index in [1.807, 2.05) is 0 Å². The summed E-state index contributed by atoms with van der Waals surface area (Å²) >= 11 is 0. The van der Waals surface area contributed by atoms with Crippen LogP contribution in [-0.2, 0) is 0 Å². The zero-order valence-electron chi connectivity index (χ0n) is 80.1. The summed E-state index contributed by atoms with van der Waals surface area (Å²) in [5, 5.41) is 29.8. The summed E-state index contributed by atoms with van der Waals surface area (Å²) in [6.45, 7) is 0. The number of fused-ring (bicyclic) bond motifs is 21. The van der Waals surface area contributed by atoms with Gasteiger partial charge in [0.1, 0.15) is 0 Å². The maximum absolute atomic E-state index is 5.22. The van der Waals surface area contributed by atoms with Gasteiger partial charge < -0.3 is 13.7 Å². The van der Waals surface area contributed by atoms with Crippen LogP contribution < -0.4 is 0 Å². The van der Waals surface area contributed by atoms with Crippen molar-refractivity contribution in [1.29, 1.82) is 0 Å². The minimum atomic E-state index is 0.952. The second kappa shape index (κ2) is 35.9. The Morgan fingerprint density at radius 2 is 0.381 bits per heavy atom. The van der Waals surface area contributed by atoms with Gasteiger partial charge in [0, 0.05) is 118 Å². The van der Waals surface area contributed by atoms with Gasteiger partial charge in [0.25, 0.3) is 0 Å². The Balaban J connectivity index is 0.000000107. The SMILES string of the molecule is c1ccc(-c2c3ccccc3c(-c3ccc(-c4ccc5c(c4)c4ccc6ccccc6c4n5-c4ccccc4)nc3)c3ccccc23)cc1.c1ccc(-c2c3ccccc3c(-c3ccc(-c4ccc5c6ccc7ccccc7c6n(-c6ccccc6)c5c4)nc3)c3ccccc23)cc1.c1ccc(-c2c3ccccc3c(-c3ccc(-c4cccc5c6ccc7ccccc7c6n(-c6ccccc6)c45)nc3)c3ccccc23)cc1. The standard InChI is InChI=1S/3C47H30N2/c1-3-15-32(16-4-1)44-36-20-9-11-22-38(36)45(39-23-12-10-21-37(39)44)33-27-29-43(48-30-33)42-25-13-24-40-41-28-26-31-14-7-8-19-35(31)46(41)49(47(40)42)34-17-5-2-6-18-34;1-3-14-32(15-4-1)45-38-19-9-11-21-40(38)46(41-22-12-10-20-39(41)45)34-25-28-43(48-30-34)33-24-26-37-42-27-23-31-13-7-8-18-36(31)47(42)49(44(37)29-33)35-16-5-2-6-17-35;1-3-14-32(15-4-1)45-37-19-9-11-21-39(37)46(40-22-12-10-20-38(40)45)34-24-27-43(48-30-34)33-25-28-44-42(29-33)41-26-23-31-13-7-8-18-36(31)47(41)49(44)35-16-5-2-6-17-35/h3*1-30H. The molecule has 6 aromatic heterocycles. The van der Waals surface area contributed by atoms with E-state index in [1.165, 1.54) is 212 Å². The molecular formula is C141H90N6. The van der Waals surface area contributed by atoms with Crippen LogP contribution in [-0.4, -0.2) is 28.7 Å². The predicted molar refractivity (Wildman–Crippen MR) is 622 cm³/mol. The first-order valence-corrected chi connectivity index (χ1v) is 50.4. The molecule has 30 aromatic rings. The van der Waals surface area contributed by atoms with Gasteiger partial charge in [0.05, 0.1) is 50.2 Å². The highest BCUT2D eigenvalue weighted by Crippen LogP contribution is 2.51. The number of pyridine rings is 3. The Kier molecular flexibility index (Phi) is 20.9. The molecule has 0 amide bonds. The normalized spacial score (nSPS) is 11.7. The van der Waals surface area contributed by atoms with Crippen molar-refractivity contribution in [2.24, 2.45) is 0 Å². The van der Waals surface area contributed by atoms with Crippen molar-refractivity contribution in [3.63, 3.8) is 0 Å². The smallest absolute Gasteiger partial charge is 0.0723 e. The first kappa shape index (κ1) is 85.4.